The van der Waals surface area contributed by atoms with Crippen molar-refractivity contribution >= 4 is 28.2 Å². The van der Waals surface area contributed by atoms with Crippen LogP contribution >= 0.6 is 12.2 Å². The molecule has 0 spiro atoms. The molecule has 1 aromatic heterocycles. The van der Waals surface area contributed by atoms with Crippen LogP contribution in [-0.2, 0) is 6.54 Å². The highest BCUT2D eigenvalue weighted by Crippen LogP contribution is 2.17. The van der Waals surface area contributed by atoms with E-state index in [9.17, 15) is 9.90 Å². The third-order valence-corrected chi connectivity index (χ3v) is 5.94. The van der Waals surface area contributed by atoms with E-state index in [1.165, 1.54) is 5.56 Å². The van der Waals surface area contributed by atoms with Gasteiger partial charge in [-0.15, -0.1) is 0 Å². The highest BCUT2D eigenvalue weighted by molar-refractivity contribution is 7.80. The normalized spacial score (nSPS) is 11.2. The predicted molar refractivity (Wildman–Crippen MR) is 124 cm³/mol. The molecule has 0 atom stereocenters. The van der Waals surface area contributed by atoms with Gasteiger partial charge in [0.2, 0.25) is 0 Å². The van der Waals surface area contributed by atoms with Gasteiger partial charge in [0, 0.05) is 30.6 Å². The van der Waals surface area contributed by atoms with E-state index < -0.39 is 0 Å². The Balaban J connectivity index is 2.07. The zero-order chi connectivity index (χ0) is 21.4. The summed E-state index contributed by atoms with van der Waals surface area (Å²) in [4.78, 5) is 19.0. The molecule has 1 aromatic carbocycles. The average Bonchev–Trinajstić information content (AvgIpc) is 2.69. The number of hydrogen-bond donors (Lipinski definition) is 4. The molecular weight excluding hydrogens is 384 g/mol. The van der Waals surface area contributed by atoms with Gasteiger partial charge in [-0.1, -0.05) is 0 Å². The van der Waals surface area contributed by atoms with Crippen molar-refractivity contribution in [3.05, 3.63) is 45.2 Å². The van der Waals surface area contributed by atoms with E-state index in [1.54, 1.807) is 4.90 Å². The van der Waals surface area contributed by atoms with Crippen molar-refractivity contribution in [2.75, 3.05) is 39.3 Å². The number of benzene rings is 1. The van der Waals surface area contributed by atoms with Gasteiger partial charge in [-0.2, -0.15) is 0 Å². The van der Waals surface area contributed by atoms with Crippen molar-refractivity contribution in [1.82, 2.24) is 15.2 Å². The second kappa shape index (κ2) is 11.3. The highest BCUT2D eigenvalue weighted by atomic mass is 32.1. The molecule has 160 valence electrons. The standard InChI is InChI=1S/C22H34N4O2S/c1-5-25(6-2)9-7-8-23-22(29)26(10-11-27)15-19-14-18-12-16(3)17(4)13-20(18)24-21(19)28/h12-14,27H,5-11,15H2,1-4H3,(H,23,29)(H,24,28)/p+1. The van der Waals surface area contributed by atoms with Gasteiger partial charge in [0.1, 0.15) is 0 Å². The minimum absolute atomic E-state index is 0.0186. The second-order valence-electron chi connectivity index (χ2n) is 7.59. The largest absolute Gasteiger partial charge is 0.395 e. The quantitative estimate of drug-likeness (QED) is 0.343. The summed E-state index contributed by atoms with van der Waals surface area (Å²) in [6, 6.07) is 6.02. The van der Waals surface area contributed by atoms with E-state index >= 15 is 0 Å². The fourth-order valence-corrected chi connectivity index (χ4v) is 3.73. The minimum Gasteiger partial charge on any atom is -0.395 e. The first-order valence-corrected chi connectivity index (χ1v) is 10.9. The number of aliphatic hydroxyl groups is 1. The Hall–Kier alpha value is -1.96. The van der Waals surface area contributed by atoms with E-state index in [-0.39, 0.29) is 12.2 Å². The Kier molecular flexibility index (Phi) is 9.07. The maximum atomic E-state index is 12.6. The van der Waals surface area contributed by atoms with Gasteiger partial charge in [-0.25, -0.2) is 0 Å². The topological polar surface area (TPSA) is 72.8 Å². The van der Waals surface area contributed by atoms with Gasteiger partial charge in [0.25, 0.3) is 5.56 Å². The van der Waals surface area contributed by atoms with Crippen LogP contribution in [0.3, 0.4) is 0 Å². The summed E-state index contributed by atoms with van der Waals surface area (Å²) in [5.74, 6) is 0. The number of aromatic amines is 1. The highest BCUT2D eigenvalue weighted by Gasteiger charge is 2.13. The summed E-state index contributed by atoms with van der Waals surface area (Å²) in [5, 5.41) is 14.3. The Labute approximate surface area is 178 Å². The van der Waals surface area contributed by atoms with Crippen molar-refractivity contribution in [1.29, 1.82) is 0 Å². The summed E-state index contributed by atoms with van der Waals surface area (Å²) < 4.78 is 0. The summed E-state index contributed by atoms with van der Waals surface area (Å²) in [7, 11) is 0. The summed E-state index contributed by atoms with van der Waals surface area (Å²) in [6.45, 7) is 13.4. The van der Waals surface area contributed by atoms with Crippen LogP contribution in [0, 0.1) is 13.8 Å². The molecule has 2 rings (SSSR count). The molecule has 0 radical (unpaired) electrons. The van der Waals surface area contributed by atoms with Crippen molar-refractivity contribution < 1.29 is 10.0 Å². The lowest BCUT2D eigenvalue weighted by atomic mass is 10.0. The van der Waals surface area contributed by atoms with Gasteiger partial charge >= 0.3 is 0 Å². The van der Waals surface area contributed by atoms with E-state index in [0.717, 1.165) is 49.1 Å². The van der Waals surface area contributed by atoms with Crippen LogP contribution in [0.15, 0.2) is 23.0 Å². The first-order valence-electron chi connectivity index (χ1n) is 10.5. The van der Waals surface area contributed by atoms with Crippen LogP contribution in [0.5, 0.6) is 0 Å². The number of fused-ring (bicyclic) bond motifs is 1. The number of pyridine rings is 1. The number of nitrogens with one attached hydrogen (secondary N) is 3. The molecule has 0 amide bonds. The Morgan fingerprint density at radius 1 is 1.21 bits per heavy atom. The van der Waals surface area contributed by atoms with Gasteiger partial charge < -0.3 is 25.2 Å². The van der Waals surface area contributed by atoms with E-state index in [0.29, 0.717) is 23.8 Å². The number of rotatable bonds is 10. The zero-order valence-corrected chi connectivity index (χ0v) is 18.9. The molecule has 0 fully saturated rings. The van der Waals surface area contributed by atoms with Crippen molar-refractivity contribution in [3.63, 3.8) is 0 Å². The Morgan fingerprint density at radius 2 is 1.90 bits per heavy atom. The predicted octanol–water partition coefficient (Wildman–Crippen LogP) is 1.13. The smallest absolute Gasteiger partial charge is 0.253 e. The number of quaternary nitrogens is 1. The number of thiocarbonyl (C=S) groups is 1. The van der Waals surface area contributed by atoms with E-state index in [4.69, 9.17) is 12.2 Å². The molecule has 0 saturated heterocycles. The molecule has 0 aliphatic carbocycles. The van der Waals surface area contributed by atoms with Gasteiger partial charge in [0.05, 0.1) is 32.8 Å². The average molecular weight is 420 g/mol. The lowest BCUT2D eigenvalue weighted by Gasteiger charge is -2.25. The first-order chi connectivity index (χ1) is 13.9. The van der Waals surface area contributed by atoms with Crippen molar-refractivity contribution in [2.24, 2.45) is 0 Å². The van der Waals surface area contributed by atoms with Gasteiger partial charge in [0.15, 0.2) is 5.11 Å². The first kappa shape index (κ1) is 23.3. The molecule has 7 heteroatoms. The Bertz CT molecular complexity index is 877. The van der Waals surface area contributed by atoms with Crippen molar-refractivity contribution in [3.8, 4) is 0 Å². The van der Waals surface area contributed by atoms with Crippen LogP contribution in [0.2, 0.25) is 0 Å². The maximum absolute atomic E-state index is 12.6. The molecule has 2 aromatic rings. The number of hydrogen-bond acceptors (Lipinski definition) is 3. The zero-order valence-electron chi connectivity index (χ0n) is 18.1. The molecule has 0 aliphatic rings. The van der Waals surface area contributed by atoms with E-state index in [1.807, 2.05) is 24.0 Å². The third-order valence-electron chi connectivity index (χ3n) is 5.54. The lowest BCUT2D eigenvalue weighted by molar-refractivity contribution is -0.896. The third kappa shape index (κ3) is 6.52. The van der Waals surface area contributed by atoms with Gasteiger partial charge in [-0.3, -0.25) is 4.79 Å². The molecule has 0 unspecified atom stereocenters. The maximum Gasteiger partial charge on any atom is 0.253 e. The summed E-state index contributed by atoms with van der Waals surface area (Å²) in [5.41, 5.74) is 3.72. The van der Waals surface area contributed by atoms with Crippen LogP contribution in [0.1, 0.15) is 37.0 Å². The van der Waals surface area contributed by atoms with Crippen LogP contribution in [0.25, 0.3) is 10.9 Å². The summed E-state index contributed by atoms with van der Waals surface area (Å²) in [6.07, 6.45) is 1.03. The number of aryl methyl sites for hydroxylation is 2. The lowest BCUT2D eigenvalue weighted by Crippen LogP contribution is -3.11. The molecule has 29 heavy (non-hydrogen) atoms. The SMILES string of the molecule is CC[NH+](CC)CCCNC(=S)N(CCO)Cc1cc2cc(C)c(C)cc2[nH]c1=O. The van der Waals surface area contributed by atoms with Crippen LogP contribution < -0.4 is 15.8 Å². The number of aromatic nitrogens is 1. The van der Waals surface area contributed by atoms with E-state index in [2.05, 4.69) is 37.1 Å². The molecule has 6 nitrogen and oxygen atoms in total. The monoisotopic (exact) mass is 419 g/mol. The number of H-pyrrole nitrogens is 1. The van der Waals surface area contributed by atoms with Crippen LogP contribution in [0.4, 0.5) is 0 Å². The molecule has 0 saturated carbocycles. The minimum atomic E-state index is -0.114. The summed E-state index contributed by atoms with van der Waals surface area (Å²) >= 11 is 5.54. The molecule has 4 N–H and O–H groups in total. The van der Waals surface area contributed by atoms with Gasteiger partial charge in [-0.05, 0) is 74.6 Å². The molecule has 0 bridgehead atoms. The molecule has 0 aliphatic heterocycles. The number of aliphatic hydroxyl groups excluding tert-OH is 1. The molecule has 1 heterocycles. The molecular formula is C22H35N4O2S+. The fourth-order valence-electron chi connectivity index (χ4n) is 3.47. The van der Waals surface area contributed by atoms with Crippen LogP contribution in [-0.4, -0.2) is 59.4 Å². The van der Waals surface area contributed by atoms with Crippen molar-refractivity contribution in [2.45, 2.75) is 40.7 Å². The second-order valence-corrected chi connectivity index (χ2v) is 7.97. The fraction of sp³-hybridized carbons (Fsp3) is 0.545. The Morgan fingerprint density at radius 3 is 2.55 bits per heavy atom. The number of nitrogens with zero attached hydrogens (tertiary/aromatic N) is 1.